The molecule has 0 aliphatic rings. The molecule has 0 aliphatic carbocycles. The van der Waals surface area contributed by atoms with Gasteiger partial charge in [-0.3, -0.25) is 4.79 Å². The van der Waals surface area contributed by atoms with Crippen molar-refractivity contribution in [3.8, 4) is 0 Å². The maximum absolute atomic E-state index is 11.9. The number of aliphatic hydroxyl groups excluding tert-OH is 1. The second-order valence-electron chi connectivity index (χ2n) is 3.25. The Balaban J connectivity index is 3.19. The first-order valence-electron chi connectivity index (χ1n) is 4.59. The molecule has 18 heavy (non-hydrogen) atoms. The average molecular weight is 314 g/mol. The lowest BCUT2D eigenvalue weighted by atomic mass is 10.3. The van der Waals surface area contributed by atoms with Gasteiger partial charge in [-0.2, -0.15) is 4.72 Å². The number of carboxylic acid groups (broad SMARTS) is 1. The zero-order valence-corrected chi connectivity index (χ0v) is 11.1. The maximum Gasteiger partial charge on any atom is 0.324 e. The second-order valence-corrected chi connectivity index (χ2v) is 5.71. The van der Waals surface area contributed by atoms with Crippen molar-refractivity contribution >= 4 is 39.2 Å². The van der Waals surface area contributed by atoms with Crippen molar-refractivity contribution in [2.75, 3.05) is 6.61 Å². The first-order valence-corrected chi connectivity index (χ1v) is 6.83. The van der Waals surface area contributed by atoms with Crippen LogP contribution in [0, 0.1) is 0 Å². The molecule has 1 aromatic carbocycles. The minimum absolute atomic E-state index is 0.142. The van der Waals surface area contributed by atoms with E-state index in [1.165, 1.54) is 18.2 Å². The summed E-state index contributed by atoms with van der Waals surface area (Å²) in [5.41, 5.74) is 0. The maximum atomic E-state index is 11.9. The van der Waals surface area contributed by atoms with E-state index < -0.39 is 33.5 Å². The molecular weight excluding hydrogens is 305 g/mol. The number of hydrogen-bond acceptors (Lipinski definition) is 4. The highest BCUT2D eigenvalue weighted by Crippen LogP contribution is 2.28. The van der Waals surface area contributed by atoms with Crippen molar-refractivity contribution in [3.63, 3.8) is 0 Å². The molecule has 0 saturated carbocycles. The summed E-state index contributed by atoms with van der Waals surface area (Å²) in [5, 5.41) is 17.2. The molecule has 1 unspecified atom stereocenters. The zero-order valence-electron chi connectivity index (χ0n) is 8.80. The van der Waals surface area contributed by atoms with Gasteiger partial charge in [0.25, 0.3) is 0 Å². The number of benzene rings is 1. The third-order valence-corrected chi connectivity index (χ3v) is 4.39. The van der Waals surface area contributed by atoms with Gasteiger partial charge in [-0.1, -0.05) is 29.3 Å². The van der Waals surface area contributed by atoms with Crippen molar-refractivity contribution in [2.24, 2.45) is 0 Å². The van der Waals surface area contributed by atoms with Crippen molar-refractivity contribution in [1.82, 2.24) is 4.72 Å². The van der Waals surface area contributed by atoms with Crippen LogP contribution in [0.5, 0.6) is 0 Å². The van der Waals surface area contributed by atoms with Gasteiger partial charge >= 0.3 is 5.97 Å². The molecule has 0 radical (unpaired) electrons. The van der Waals surface area contributed by atoms with E-state index in [4.69, 9.17) is 33.4 Å². The van der Waals surface area contributed by atoms with Gasteiger partial charge in [0.05, 0.1) is 16.7 Å². The van der Waals surface area contributed by atoms with E-state index in [2.05, 4.69) is 0 Å². The van der Waals surface area contributed by atoms with Crippen LogP contribution in [0.15, 0.2) is 23.1 Å². The largest absolute Gasteiger partial charge is 0.480 e. The Morgan fingerprint density at radius 3 is 2.22 bits per heavy atom. The summed E-state index contributed by atoms with van der Waals surface area (Å²) in [7, 11) is -4.23. The molecule has 0 bridgehead atoms. The minimum atomic E-state index is -4.23. The third kappa shape index (κ3) is 3.33. The molecule has 0 fully saturated rings. The summed E-state index contributed by atoms with van der Waals surface area (Å²) >= 11 is 11.4. The van der Waals surface area contributed by atoms with E-state index >= 15 is 0 Å². The van der Waals surface area contributed by atoms with E-state index in [-0.39, 0.29) is 10.0 Å². The summed E-state index contributed by atoms with van der Waals surface area (Å²) in [5.74, 6) is -1.51. The van der Waals surface area contributed by atoms with Crippen molar-refractivity contribution in [1.29, 1.82) is 0 Å². The predicted octanol–water partition coefficient (Wildman–Crippen LogP) is 0.717. The summed E-state index contributed by atoms with van der Waals surface area (Å²) in [4.78, 5) is 10.2. The summed E-state index contributed by atoms with van der Waals surface area (Å²) in [6.07, 6.45) is 0. The highest BCUT2D eigenvalue weighted by Gasteiger charge is 2.28. The van der Waals surface area contributed by atoms with Crippen LogP contribution in [0.3, 0.4) is 0 Å². The average Bonchev–Trinajstić information content (AvgIpc) is 2.25. The Labute approximate surface area is 113 Å². The fourth-order valence-corrected chi connectivity index (χ4v) is 3.48. The molecule has 100 valence electrons. The number of nitrogens with one attached hydrogen (secondary N) is 1. The summed E-state index contributed by atoms with van der Waals surface area (Å²) in [6.45, 7) is -0.892. The lowest BCUT2D eigenvalue weighted by molar-refractivity contribution is -0.139. The summed E-state index contributed by atoms with van der Waals surface area (Å²) < 4.78 is 25.6. The smallest absolute Gasteiger partial charge is 0.324 e. The highest BCUT2D eigenvalue weighted by atomic mass is 35.5. The molecule has 3 N–H and O–H groups in total. The van der Waals surface area contributed by atoms with Crippen LogP contribution in [0.25, 0.3) is 0 Å². The van der Waals surface area contributed by atoms with Gasteiger partial charge in [-0.25, -0.2) is 8.42 Å². The number of halogens is 2. The zero-order chi connectivity index (χ0) is 13.9. The molecule has 0 aliphatic heterocycles. The fourth-order valence-electron chi connectivity index (χ4n) is 1.15. The van der Waals surface area contributed by atoms with Crippen LogP contribution in [0.2, 0.25) is 10.0 Å². The Kier molecular flexibility index (Phi) is 4.94. The van der Waals surface area contributed by atoms with Gasteiger partial charge in [0, 0.05) is 0 Å². The van der Waals surface area contributed by atoms with Gasteiger partial charge in [0.15, 0.2) is 0 Å². The number of aliphatic hydroxyl groups is 1. The van der Waals surface area contributed by atoms with Gasteiger partial charge < -0.3 is 10.2 Å². The molecule has 0 saturated heterocycles. The van der Waals surface area contributed by atoms with Gasteiger partial charge in [-0.15, -0.1) is 0 Å². The Morgan fingerprint density at radius 2 is 1.83 bits per heavy atom. The monoisotopic (exact) mass is 313 g/mol. The Hall–Kier alpha value is -0.860. The molecule has 1 rings (SSSR count). The normalized spacial score (nSPS) is 13.3. The van der Waals surface area contributed by atoms with Crippen LogP contribution >= 0.6 is 23.2 Å². The topological polar surface area (TPSA) is 104 Å². The van der Waals surface area contributed by atoms with Crippen LogP contribution in [-0.2, 0) is 14.8 Å². The molecule has 0 spiro atoms. The lowest BCUT2D eigenvalue weighted by Crippen LogP contribution is -2.43. The van der Waals surface area contributed by atoms with E-state index in [0.29, 0.717) is 0 Å². The van der Waals surface area contributed by atoms with E-state index in [9.17, 15) is 13.2 Å². The Morgan fingerprint density at radius 1 is 1.33 bits per heavy atom. The molecular formula is C9H9Cl2NO5S. The van der Waals surface area contributed by atoms with Crippen LogP contribution in [-0.4, -0.2) is 37.2 Å². The molecule has 1 aromatic rings. The molecule has 6 nitrogen and oxygen atoms in total. The number of aliphatic carboxylic acids is 1. The highest BCUT2D eigenvalue weighted by molar-refractivity contribution is 7.89. The van der Waals surface area contributed by atoms with Gasteiger partial charge in [0.1, 0.15) is 10.9 Å². The third-order valence-electron chi connectivity index (χ3n) is 1.97. The molecule has 0 heterocycles. The standard InChI is InChI=1S/C9H9Cl2NO5S/c10-5-2-1-3-6(11)8(5)18(16,17)12-7(4-13)9(14)15/h1-3,7,12-13H,4H2,(H,14,15). The van der Waals surface area contributed by atoms with Crippen LogP contribution < -0.4 is 4.72 Å². The van der Waals surface area contributed by atoms with E-state index in [1.807, 2.05) is 0 Å². The first kappa shape index (κ1) is 15.2. The lowest BCUT2D eigenvalue weighted by Gasteiger charge is -2.13. The molecule has 0 amide bonds. The number of sulfonamides is 1. The van der Waals surface area contributed by atoms with Crippen LogP contribution in [0.1, 0.15) is 0 Å². The number of carbonyl (C=O) groups is 1. The van der Waals surface area contributed by atoms with E-state index in [1.54, 1.807) is 4.72 Å². The second kappa shape index (κ2) is 5.85. The fraction of sp³-hybridized carbons (Fsp3) is 0.222. The SMILES string of the molecule is O=C(O)C(CO)NS(=O)(=O)c1c(Cl)cccc1Cl. The molecule has 9 heteroatoms. The van der Waals surface area contributed by atoms with Crippen molar-refractivity contribution in [2.45, 2.75) is 10.9 Å². The van der Waals surface area contributed by atoms with Gasteiger partial charge in [0.2, 0.25) is 10.0 Å². The first-order chi connectivity index (χ1) is 8.29. The Bertz CT molecular complexity index is 540. The molecule has 1 atom stereocenters. The predicted molar refractivity (Wildman–Crippen MR) is 65.3 cm³/mol. The quantitative estimate of drug-likeness (QED) is 0.743. The van der Waals surface area contributed by atoms with E-state index in [0.717, 1.165) is 0 Å². The number of rotatable bonds is 5. The number of carboxylic acids is 1. The number of hydrogen-bond donors (Lipinski definition) is 3. The summed E-state index contributed by atoms with van der Waals surface area (Å²) in [6, 6.07) is 2.39. The van der Waals surface area contributed by atoms with Crippen molar-refractivity contribution < 1.29 is 23.4 Å². The van der Waals surface area contributed by atoms with Gasteiger partial charge in [-0.05, 0) is 12.1 Å². The molecule has 0 aromatic heterocycles. The minimum Gasteiger partial charge on any atom is -0.480 e. The van der Waals surface area contributed by atoms with Crippen LogP contribution in [0.4, 0.5) is 0 Å². The van der Waals surface area contributed by atoms with Crippen molar-refractivity contribution in [3.05, 3.63) is 28.2 Å².